The van der Waals surface area contributed by atoms with Crippen molar-refractivity contribution < 1.29 is 4.74 Å². The fourth-order valence-corrected chi connectivity index (χ4v) is 3.72. The van der Waals surface area contributed by atoms with Crippen LogP contribution in [-0.2, 0) is 11.4 Å². The number of ether oxygens (including phenoxy) is 1. The Kier molecular flexibility index (Phi) is 3.66. The van der Waals surface area contributed by atoms with Crippen molar-refractivity contribution in [2.45, 2.75) is 25.6 Å². The maximum atomic E-state index is 5.68. The molecule has 0 unspecified atom stereocenters. The zero-order valence-corrected chi connectivity index (χ0v) is 13.4. The second-order valence-electron chi connectivity index (χ2n) is 5.56. The molecule has 1 aliphatic carbocycles. The lowest BCUT2D eigenvalue weighted by Gasteiger charge is -2.26. The molecule has 0 spiro atoms. The van der Waals surface area contributed by atoms with Crippen molar-refractivity contribution in [3.63, 3.8) is 0 Å². The van der Waals surface area contributed by atoms with Gasteiger partial charge in [-0.1, -0.05) is 6.07 Å². The van der Waals surface area contributed by atoms with Gasteiger partial charge >= 0.3 is 0 Å². The van der Waals surface area contributed by atoms with Gasteiger partial charge in [0, 0.05) is 19.1 Å². The first-order valence-corrected chi connectivity index (χ1v) is 8.65. The summed E-state index contributed by atoms with van der Waals surface area (Å²) in [7, 11) is 0. The summed E-state index contributed by atoms with van der Waals surface area (Å²) in [4.78, 5) is 3.55. The maximum absolute atomic E-state index is 5.68. The Morgan fingerprint density at radius 3 is 2.81 bits per heavy atom. The number of nitrogens with zero attached hydrogens (tertiary/aromatic N) is 4. The highest BCUT2D eigenvalue weighted by Gasteiger charge is 2.29. The van der Waals surface area contributed by atoms with Gasteiger partial charge in [-0.05, 0) is 36.5 Å². The Balaban J connectivity index is 1.68. The zero-order valence-electron chi connectivity index (χ0n) is 11.8. The van der Waals surface area contributed by atoms with E-state index in [1.54, 1.807) is 11.3 Å². The SMILES string of the molecule is S=c1n(CN2CCOCC2)nc(-c2cccs2)n1C1CC1. The van der Waals surface area contributed by atoms with E-state index in [-0.39, 0.29) is 0 Å². The standard InChI is InChI=1S/C14H18N4OS2/c20-14-17(10-16-5-7-19-8-6-16)15-13(12-2-1-9-21-12)18(14)11-3-4-11/h1-2,9,11H,3-8,10H2. The molecule has 2 aliphatic rings. The summed E-state index contributed by atoms with van der Waals surface area (Å²) in [6.07, 6.45) is 2.44. The Hall–Kier alpha value is -1.02. The molecule has 1 saturated heterocycles. The van der Waals surface area contributed by atoms with E-state index in [9.17, 15) is 0 Å². The van der Waals surface area contributed by atoms with E-state index in [0.717, 1.165) is 43.6 Å². The summed E-state index contributed by atoms with van der Waals surface area (Å²) in [6.45, 7) is 4.27. The third kappa shape index (κ3) is 2.70. The van der Waals surface area contributed by atoms with Gasteiger partial charge in [0.1, 0.15) is 0 Å². The Labute approximate surface area is 132 Å². The van der Waals surface area contributed by atoms with E-state index < -0.39 is 0 Å². The van der Waals surface area contributed by atoms with Crippen molar-refractivity contribution in [2.75, 3.05) is 26.3 Å². The maximum Gasteiger partial charge on any atom is 0.199 e. The molecule has 0 N–H and O–H groups in total. The first-order valence-electron chi connectivity index (χ1n) is 7.36. The average Bonchev–Trinajstić information content (AvgIpc) is 3.09. The fourth-order valence-electron chi connectivity index (χ4n) is 2.68. The summed E-state index contributed by atoms with van der Waals surface area (Å²) in [6, 6.07) is 4.74. The molecule has 7 heteroatoms. The van der Waals surface area contributed by atoms with Crippen LogP contribution in [0.25, 0.3) is 10.7 Å². The second-order valence-corrected chi connectivity index (χ2v) is 6.87. The Bertz CT molecular complexity index is 666. The van der Waals surface area contributed by atoms with Gasteiger partial charge in [0.05, 0.1) is 24.8 Å². The molecule has 2 fully saturated rings. The van der Waals surface area contributed by atoms with Gasteiger partial charge < -0.3 is 4.74 Å². The number of hydrogen-bond acceptors (Lipinski definition) is 5. The number of hydrogen-bond donors (Lipinski definition) is 0. The molecule has 3 heterocycles. The number of aromatic nitrogens is 3. The average molecular weight is 322 g/mol. The van der Waals surface area contributed by atoms with Crippen molar-refractivity contribution in [3.8, 4) is 10.7 Å². The van der Waals surface area contributed by atoms with Crippen molar-refractivity contribution >= 4 is 23.6 Å². The molecular formula is C14H18N4OS2. The summed E-state index contributed by atoms with van der Waals surface area (Å²) >= 11 is 7.41. The molecule has 1 aliphatic heterocycles. The molecule has 0 atom stereocenters. The number of morpholine rings is 1. The first kappa shape index (κ1) is 13.6. The highest BCUT2D eigenvalue weighted by molar-refractivity contribution is 7.71. The molecule has 0 aromatic carbocycles. The Morgan fingerprint density at radius 1 is 1.33 bits per heavy atom. The van der Waals surface area contributed by atoms with Crippen LogP contribution in [-0.4, -0.2) is 45.6 Å². The summed E-state index contributed by atoms with van der Waals surface area (Å²) in [5.41, 5.74) is 0. The smallest absolute Gasteiger partial charge is 0.199 e. The van der Waals surface area contributed by atoms with Crippen LogP contribution in [0.2, 0.25) is 0 Å². The van der Waals surface area contributed by atoms with Gasteiger partial charge in [-0.3, -0.25) is 9.47 Å². The minimum atomic E-state index is 0.549. The van der Waals surface area contributed by atoms with Crippen LogP contribution in [0.3, 0.4) is 0 Å². The molecule has 0 radical (unpaired) electrons. The molecule has 21 heavy (non-hydrogen) atoms. The number of thiophene rings is 1. The second kappa shape index (κ2) is 5.64. The lowest BCUT2D eigenvalue weighted by molar-refractivity contribution is 0.0209. The predicted molar refractivity (Wildman–Crippen MR) is 85.0 cm³/mol. The van der Waals surface area contributed by atoms with Crippen molar-refractivity contribution in [2.24, 2.45) is 0 Å². The molecule has 0 bridgehead atoms. The van der Waals surface area contributed by atoms with Crippen LogP contribution in [0.1, 0.15) is 18.9 Å². The van der Waals surface area contributed by atoms with E-state index in [2.05, 4.69) is 27.0 Å². The third-order valence-electron chi connectivity index (χ3n) is 3.96. The van der Waals surface area contributed by atoms with E-state index >= 15 is 0 Å². The highest BCUT2D eigenvalue weighted by atomic mass is 32.1. The largest absolute Gasteiger partial charge is 0.379 e. The lowest BCUT2D eigenvalue weighted by Crippen LogP contribution is -2.37. The minimum absolute atomic E-state index is 0.549. The molecule has 2 aromatic rings. The molecule has 0 amide bonds. The van der Waals surface area contributed by atoms with Crippen molar-refractivity contribution in [3.05, 3.63) is 22.3 Å². The van der Waals surface area contributed by atoms with Crippen LogP contribution in [0.15, 0.2) is 17.5 Å². The van der Waals surface area contributed by atoms with Gasteiger partial charge in [-0.15, -0.1) is 16.4 Å². The molecule has 112 valence electrons. The third-order valence-corrected chi connectivity index (χ3v) is 5.24. The summed E-state index contributed by atoms with van der Waals surface area (Å²) < 4.78 is 10.5. The minimum Gasteiger partial charge on any atom is -0.379 e. The van der Waals surface area contributed by atoms with E-state index in [0.29, 0.717) is 6.04 Å². The van der Waals surface area contributed by atoms with Crippen LogP contribution >= 0.6 is 23.6 Å². The monoisotopic (exact) mass is 322 g/mol. The van der Waals surface area contributed by atoms with E-state index in [1.807, 2.05) is 4.68 Å². The van der Waals surface area contributed by atoms with Crippen LogP contribution in [0.5, 0.6) is 0 Å². The van der Waals surface area contributed by atoms with Crippen molar-refractivity contribution in [1.29, 1.82) is 0 Å². The van der Waals surface area contributed by atoms with Gasteiger partial charge in [0.2, 0.25) is 0 Å². The van der Waals surface area contributed by atoms with Crippen LogP contribution in [0.4, 0.5) is 0 Å². The first-order chi connectivity index (χ1) is 10.3. The molecule has 2 aromatic heterocycles. The van der Waals surface area contributed by atoms with Gasteiger partial charge in [0.25, 0.3) is 0 Å². The lowest BCUT2D eigenvalue weighted by atomic mass is 10.4. The van der Waals surface area contributed by atoms with Crippen LogP contribution in [0, 0.1) is 4.77 Å². The number of rotatable bonds is 4. The van der Waals surface area contributed by atoms with Crippen molar-refractivity contribution in [1.82, 2.24) is 19.2 Å². The van der Waals surface area contributed by atoms with E-state index in [4.69, 9.17) is 22.1 Å². The molecular weight excluding hydrogens is 304 g/mol. The molecule has 1 saturated carbocycles. The predicted octanol–water partition coefficient (Wildman–Crippen LogP) is 2.77. The normalized spacial score (nSPS) is 20.0. The molecule has 4 rings (SSSR count). The zero-order chi connectivity index (χ0) is 14.2. The Morgan fingerprint density at radius 2 is 2.14 bits per heavy atom. The highest BCUT2D eigenvalue weighted by Crippen LogP contribution is 2.39. The van der Waals surface area contributed by atoms with E-state index in [1.165, 1.54) is 17.7 Å². The fraction of sp³-hybridized carbons (Fsp3) is 0.571. The van der Waals surface area contributed by atoms with Crippen LogP contribution < -0.4 is 0 Å². The van der Waals surface area contributed by atoms with Gasteiger partial charge in [-0.25, -0.2) is 4.68 Å². The topological polar surface area (TPSA) is 35.2 Å². The van der Waals surface area contributed by atoms with Gasteiger partial charge in [-0.2, -0.15) is 0 Å². The summed E-state index contributed by atoms with van der Waals surface area (Å²) in [5, 5.41) is 6.90. The van der Waals surface area contributed by atoms with Gasteiger partial charge in [0.15, 0.2) is 10.6 Å². The summed E-state index contributed by atoms with van der Waals surface area (Å²) in [5.74, 6) is 1.03. The quantitative estimate of drug-likeness (QED) is 0.811. The molecule has 5 nitrogen and oxygen atoms in total.